The first-order chi connectivity index (χ1) is 8.99. The van der Waals surface area contributed by atoms with Crippen molar-refractivity contribution >= 4 is 17.3 Å². The fourth-order valence-corrected chi connectivity index (χ4v) is 3.90. The maximum absolute atomic E-state index is 11.2. The van der Waals surface area contributed by atoms with Gasteiger partial charge in [-0.05, 0) is 50.2 Å². The zero-order valence-corrected chi connectivity index (χ0v) is 12.7. The number of hydrogen-bond acceptors (Lipinski definition) is 3. The van der Waals surface area contributed by atoms with Crippen LogP contribution in [0.15, 0.2) is 6.07 Å². The molecule has 2 rings (SSSR count). The van der Waals surface area contributed by atoms with Crippen LogP contribution in [-0.2, 0) is 17.6 Å². The molecule has 0 saturated heterocycles. The molecule has 3 nitrogen and oxygen atoms in total. The maximum Gasteiger partial charge on any atom is 0.320 e. The van der Waals surface area contributed by atoms with Crippen LogP contribution in [0.1, 0.15) is 55.0 Å². The zero-order valence-electron chi connectivity index (χ0n) is 11.9. The van der Waals surface area contributed by atoms with E-state index in [0.29, 0.717) is 0 Å². The topological polar surface area (TPSA) is 49.3 Å². The molecule has 1 heterocycles. The number of thiophene rings is 1. The second-order valence-electron chi connectivity index (χ2n) is 5.75. The molecule has 106 valence electrons. The van der Waals surface area contributed by atoms with Crippen molar-refractivity contribution in [3.63, 3.8) is 0 Å². The summed E-state index contributed by atoms with van der Waals surface area (Å²) in [5.74, 6) is -0.669. The molecule has 0 amide bonds. The third-order valence-electron chi connectivity index (χ3n) is 3.80. The highest BCUT2D eigenvalue weighted by atomic mass is 32.1. The molecule has 2 atom stereocenters. The van der Waals surface area contributed by atoms with Crippen molar-refractivity contribution in [1.29, 1.82) is 0 Å². The summed E-state index contributed by atoms with van der Waals surface area (Å²) in [5, 5.41) is 12.5. The second-order valence-corrected chi connectivity index (χ2v) is 6.92. The van der Waals surface area contributed by atoms with Crippen molar-refractivity contribution in [2.75, 3.05) is 0 Å². The molecule has 0 bridgehead atoms. The van der Waals surface area contributed by atoms with Crippen LogP contribution in [-0.4, -0.2) is 17.1 Å². The van der Waals surface area contributed by atoms with E-state index in [1.165, 1.54) is 41.0 Å². The number of hydrogen-bond donors (Lipinski definition) is 2. The molecule has 0 radical (unpaired) electrons. The van der Waals surface area contributed by atoms with Crippen LogP contribution in [0.2, 0.25) is 0 Å². The predicted octanol–water partition coefficient (Wildman–Crippen LogP) is 3.39. The van der Waals surface area contributed by atoms with E-state index in [4.69, 9.17) is 0 Å². The lowest BCUT2D eigenvalue weighted by Crippen LogP contribution is -2.41. The summed E-state index contributed by atoms with van der Waals surface area (Å²) in [6.07, 6.45) is 4.96. The van der Waals surface area contributed by atoms with Crippen LogP contribution >= 0.6 is 11.3 Å². The average molecular weight is 281 g/mol. The number of rotatable bonds is 5. The van der Waals surface area contributed by atoms with Crippen LogP contribution in [0.25, 0.3) is 0 Å². The fourth-order valence-electron chi connectivity index (χ4n) is 2.63. The summed E-state index contributed by atoms with van der Waals surface area (Å²) in [7, 11) is 0. The van der Waals surface area contributed by atoms with Gasteiger partial charge in [-0.15, -0.1) is 11.3 Å². The summed E-state index contributed by atoms with van der Waals surface area (Å²) in [6, 6.07) is 1.91. The Morgan fingerprint density at radius 2 is 2.00 bits per heavy atom. The number of aliphatic carboxylic acids is 1. The maximum atomic E-state index is 11.2. The molecule has 1 aromatic heterocycles. The highest BCUT2D eigenvalue weighted by molar-refractivity contribution is 7.12. The van der Waals surface area contributed by atoms with Crippen molar-refractivity contribution < 1.29 is 9.90 Å². The molecule has 0 aromatic carbocycles. The lowest BCUT2D eigenvalue weighted by atomic mass is 9.98. The summed E-state index contributed by atoms with van der Waals surface area (Å²) in [5.41, 5.74) is 1.48. The highest BCUT2D eigenvalue weighted by Gasteiger charge is 2.25. The molecule has 1 aliphatic carbocycles. The standard InChI is InChI=1S/C15H23NO2S/c1-9(2)14(15(17)18)16-10(3)13-8-11-6-4-5-7-12(11)19-13/h8-10,14,16H,4-7H2,1-3H3,(H,17,18). The summed E-state index contributed by atoms with van der Waals surface area (Å²) in [4.78, 5) is 14.0. The Hall–Kier alpha value is -0.870. The molecule has 0 aliphatic heterocycles. The Balaban J connectivity index is 2.08. The van der Waals surface area contributed by atoms with Gasteiger partial charge in [0.15, 0.2) is 0 Å². The smallest absolute Gasteiger partial charge is 0.320 e. The molecule has 2 unspecified atom stereocenters. The van der Waals surface area contributed by atoms with Gasteiger partial charge in [-0.1, -0.05) is 13.8 Å². The van der Waals surface area contributed by atoms with Crippen molar-refractivity contribution in [1.82, 2.24) is 5.32 Å². The van der Waals surface area contributed by atoms with E-state index in [2.05, 4.69) is 18.3 Å². The monoisotopic (exact) mass is 281 g/mol. The third-order valence-corrected chi connectivity index (χ3v) is 5.22. The Morgan fingerprint density at radius 1 is 1.32 bits per heavy atom. The summed E-state index contributed by atoms with van der Waals surface area (Å²) in [6.45, 7) is 5.95. The number of nitrogens with one attached hydrogen (secondary N) is 1. The van der Waals surface area contributed by atoms with Gasteiger partial charge in [0.25, 0.3) is 0 Å². The van der Waals surface area contributed by atoms with E-state index in [-0.39, 0.29) is 12.0 Å². The SMILES string of the molecule is CC(NC(C(=O)O)C(C)C)c1cc2c(s1)CCCC2. The first kappa shape index (κ1) is 14.5. The predicted molar refractivity (Wildman–Crippen MR) is 78.8 cm³/mol. The van der Waals surface area contributed by atoms with E-state index in [9.17, 15) is 9.90 Å². The van der Waals surface area contributed by atoms with E-state index in [1.54, 1.807) is 0 Å². The number of aryl methyl sites for hydroxylation is 2. The van der Waals surface area contributed by atoms with Gasteiger partial charge < -0.3 is 5.11 Å². The molecule has 0 spiro atoms. The minimum Gasteiger partial charge on any atom is -0.480 e. The Morgan fingerprint density at radius 3 is 2.58 bits per heavy atom. The van der Waals surface area contributed by atoms with Crippen LogP contribution < -0.4 is 5.32 Å². The molecule has 1 aliphatic rings. The minimum absolute atomic E-state index is 0.0922. The number of fused-ring (bicyclic) bond motifs is 1. The van der Waals surface area contributed by atoms with Gasteiger partial charge in [0, 0.05) is 15.8 Å². The number of carboxylic acids is 1. The number of carbonyl (C=O) groups is 1. The Labute approximate surface area is 119 Å². The summed E-state index contributed by atoms with van der Waals surface area (Å²) < 4.78 is 0. The fraction of sp³-hybridized carbons (Fsp3) is 0.667. The normalized spacial score (nSPS) is 18.1. The highest BCUT2D eigenvalue weighted by Crippen LogP contribution is 2.33. The van der Waals surface area contributed by atoms with Gasteiger partial charge in [-0.25, -0.2) is 0 Å². The molecule has 0 fully saturated rings. The zero-order chi connectivity index (χ0) is 14.0. The van der Waals surface area contributed by atoms with Gasteiger partial charge in [0.2, 0.25) is 0 Å². The first-order valence-corrected chi connectivity index (χ1v) is 7.91. The molecular weight excluding hydrogens is 258 g/mol. The molecular formula is C15H23NO2S. The van der Waals surface area contributed by atoms with E-state index in [1.807, 2.05) is 25.2 Å². The summed E-state index contributed by atoms with van der Waals surface area (Å²) >= 11 is 1.85. The van der Waals surface area contributed by atoms with Crippen molar-refractivity contribution in [2.45, 2.75) is 58.5 Å². The minimum atomic E-state index is -0.761. The number of carboxylic acid groups (broad SMARTS) is 1. The van der Waals surface area contributed by atoms with Gasteiger partial charge in [-0.2, -0.15) is 0 Å². The lowest BCUT2D eigenvalue weighted by molar-refractivity contribution is -0.140. The van der Waals surface area contributed by atoms with E-state index < -0.39 is 12.0 Å². The largest absolute Gasteiger partial charge is 0.480 e. The lowest BCUT2D eigenvalue weighted by Gasteiger charge is -2.22. The average Bonchev–Trinajstić information content (AvgIpc) is 2.78. The van der Waals surface area contributed by atoms with Gasteiger partial charge in [0.05, 0.1) is 0 Å². The van der Waals surface area contributed by atoms with Crippen LogP contribution in [0.3, 0.4) is 0 Å². The quantitative estimate of drug-likeness (QED) is 0.870. The molecule has 0 saturated carbocycles. The van der Waals surface area contributed by atoms with Crippen molar-refractivity contribution in [3.8, 4) is 0 Å². The van der Waals surface area contributed by atoms with Gasteiger partial charge in [0.1, 0.15) is 6.04 Å². The van der Waals surface area contributed by atoms with Crippen LogP contribution in [0.5, 0.6) is 0 Å². The van der Waals surface area contributed by atoms with Crippen LogP contribution in [0, 0.1) is 5.92 Å². The van der Waals surface area contributed by atoms with Crippen LogP contribution in [0.4, 0.5) is 0 Å². The van der Waals surface area contributed by atoms with E-state index in [0.717, 1.165) is 0 Å². The van der Waals surface area contributed by atoms with Crippen molar-refractivity contribution in [2.24, 2.45) is 5.92 Å². The Kier molecular flexibility index (Phi) is 4.63. The third kappa shape index (κ3) is 3.37. The van der Waals surface area contributed by atoms with E-state index >= 15 is 0 Å². The Bertz CT molecular complexity index is 429. The van der Waals surface area contributed by atoms with Gasteiger partial charge in [-0.3, -0.25) is 10.1 Å². The van der Waals surface area contributed by atoms with Gasteiger partial charge >= 0.3 is 5.97 Å². The molecule has 4 heteroatoms. The molecule has 1 aromatic rings. The molecule has 2 N–H and O–H groups in total. The van der Waals surface area contributed by atoms with Crippen molar-refractivity contribution in [3.05, 3.63) is 21.4 Å². The molecule has 19 heavy (non-hydrogen) atoms. The first-order valence-electron chi connectivity index (χ1n) is 7.09. The second kappa shape index (κ2) is 6.06.